The first-order valence-electron chi connectivity index (χ1n) is 29.9. The average molecular weight is 1030 g/mol. The van der Waals surface area contributed by atoms with Gasteiger partial charge in [-0.1, -0.05) is 225 Å². The first kappa shape index (κ1) is 66.8. The molecule has 2 saturated heterocycles. The second kappa shape index (κ2) is 44.8. The number of aliphatic hydroxyl groups is 8. The standard InChI is InChI=1S/C58H111NO13/c1-3-5-7-9-11-13-15-16-17-18-19-20-21-22-23-24-25-26-27-28-29-30-32-34-36-38-40-42-50(63)59-46(47(62)41-39-37-35-33-31-14-12-10-8-6-4-2)45-69-57-55(68)53(66)56(49(44-61)71-57)72-58-54(67)52(65)51(64)48(43-60)70-58/h18-19,46-49,51-58,60-62,64-68H,3-17,20-45H2,1-2H3,(H,59,63)/b19-18-. The molecule has 14 heteroatoms. The maximum absolute atomic E-state index is 13.2. The number of hydrogen-bond donors (Lipinski definition) is 9. The van der Waals surface area contributed by atoms with Crippen LogP contribution in [0.1, 0.15) is 258 Å². The molecule has 0 radical (unpaired) electrons. The van der Waals surface area contributed by atoms with Gasteiger partial charge in [0.2, 0.25) is 5.91 Å². The van der Waals surface area contributed by atoms with Crippen molar-refractivity contribution in [3.8, 4) is 0 Å². The lowest BCUT2D eigenvalue weighted by atomic mass is 9.97. The highest BCUT2D eigenvalue weighted by Crippen LogP contribution is 2.30. The van der Waals surface area contributed by atoms with Gasteiger partial charge in [-0.15, -0.1) is 0 Å². The van der Waals surface area contributed by atoms with Gasteiger partial charge in [-0.25, -0.2) is 0 Å². The van der Waals surface area contributed by atoms with Crippen LogP contribution < -0.4 is 5.32 Å². The van der Waals surface area contributed by atoms with Gasteiger partial charge in [-0.2, -0.15) is 0 Å². The molecule has 0 aromatic carbocycles. The van der Waals surface area contributed by atoms with Crippen LogP contribution in [0.15, 0.2) is 12.2 Å². The van der Waals surface area contributed by atoms with Crippen molar-refractivity contribution < 1.29 is 64.6 Å². The van der Waals surface area contributed by atoms with Gasteiger partial charge in [0.25, 0.3) is 0 Å². The van der Waals surface area contributed by atoms with Crippen LogP contribution in [-0.4, -0.2) is 140 Å². The predicted molar refractivity (Wildman–Crippen MR) is 286 cm³/mol. The Bertz CT molecular complexity index is 1260. The molecule has 2 fully saturated rings. The zero-order valence-corrected chi connectivity index (χ0v) is 45.7. The summed E-state index contributed by atoms with van der Waals surface area (Å²) >= 11 is 0. The van der Waals surface area contributed by atoms with E-state index in [4.69, 9.17) is 18.9 Å². The van der Waals surface area contributed by atoms with Crippen molar-refractivity contribution in [1.82, 2.24) is 5.32 Å². The Morgan fingerprint density at radius 3 is 1.32 bits per heavy atom. The van der Waals surface area contributed by atoms with E-state index < -0.39 is 86.8 Å². The van der Waals surface area contributed by atoms with Crippen molar-refractivity contribution in [2.24, 2.45) is 0 Å². The van der Waals surface area contributed by atoms with Gasteiger partial charge in [0.05, 0.1) is 32.0 Å². The second-order valence-corrected chi connectivity index (χ2v) is 21.5. The molecular formula is C58H111NO13. The highest BCUT2D eigenvalue weighted by Gasteiger charge is 2.51. The minimum absolute atomic E-state index is 0.204. The lowest BCUT2D eigenvalue weighted by Gasteiger charge is -2.46. The van der Waals surface area contributed by atoms with Gasteiger partial charge in [0.15, 0.2) is 12.6 Å². The summed E-state index contributed by atoms with van der Waals surface area (Å²) in [6, 6.07) is -0.823. The van der Waals surface area contributed by atoms with Gasteiger partial charge in [0.1, 0.15) is 48.8 Å². The fourth-order valence-electron chi connectivity index (χ4n) is 10.1. The maximum Gasteiger partial charge on any atom is 0.220 e. The maximum atomic E-state index is 13.2. The van der Waals surface area contributed by atoms with Gasteiger partial charge in [-0.05, 0) is 38.5 Å². The van der Waals surface area contributed by atoms with Crippen LogP contribution in [0.5, 0.6) is 0 Å². The number of amides is 1. The van der Waals surface area contributed by atoms with E-state index in [1.54, 1.807) is 0 Å². The minimum Gasteiger partial charge on any atom is -0.394 e. The number of rotatable bonds is 48. The molecule has 0 spiro atoms. The summed E-state index contributed by atoms with van der Waals surface area (Å²) in [7, 11) is 0. The molecule has 0 saturated carbocycles. The second-order valence-electron chi connectivity index (χ2n) is 21.5. The van der Waals surface area contributed by atoms with Crippen LogP contribution in [0.3, 0.4) is 0 Å². The molecule has 2 aliphatic heterocycles. The van der Waals surface area contributed by atoms with Crippen molar-refractivity contribution >= 4 is 5.91 Å². The Balaban J connectivity index is 1.67. The Kier molecular flexibility index (Phi) is 41.6. The summed E-state index contributed by atoms with van der Waals surface area (Å²) in [6.07, 6.45) is 33.7. The Labute approximate surface area is 437 Å². The molecule has 0 bridgehead atoms. The summed E-state index contributed by atoms with van der Waals surface area (Å²) < 4.78 is 22.8. The molecule has 72 heavy (non-hydrogen) atoms. The fraction of sp³-hybridized carbons (Fsp3) is 0.948. The number of nitrogens with one attached hydrogen (secondary N) is 1. The first-order chi connectivity index (χ1) is 35.1. The SMILES string of the molecule is CCCCCCCCCC/C=C\CCCCCCCCCCCCCCCCCC(=O)NC(COC1OC(CO)C(OC2OC(CO)C(O)C(O)C2O)C(O)C1O)C(O)CCCCCCCCCCCCC. The fourth-order valence-corrected chi connectivity index (χ4v) is 10.1. The molecular weight excluding hydrogens is 919 g/mol. The Morgan fingerprint density at radius 1 is 0.486 bits per heavy atom. The summed E-state index contributed by atoms with van der Waals surface area (Å²) in [5.41, 5.74) is 0. The van der Waals surface area contributed by atoms with Crippen molar-refractivity contribution in [1.29, 1.82) is 0 Å². The molecule has 12 unspecified atom stereocenters. The van der Waals surface area contributed by atoms with E-state index in [9.17, 15) is 45.6 Å². The van der Waals surface area contributed by atoms with Crippen LogP contribution in [-0.2, 0) is 23.7 Å². The van der Waals surface area contributed by atoms with Gasteiger partial charge >= 0.3 is 0 Å². The van der Waals surface area contributed by atoms with Crippen LogP contribution in [0.4, 0.5) is 0 Å². The average Bonchev–Trinajstić information content (AvgIpc) is 3.38. The van der Waals surface area contributed by atoms with E-state index in [0.29, 0.717) is 12.8 Å². The number of ether oxygens (including phenoxy) is 4. The van der Waals surface area contributed by atoms with Crippen molar-refractivity contribution in [2.45, 2.75) is 331 Å². The molecule has 2 heterocycles. The highest BCUT2D eigenvalue weighted by molar-refractivity contribution is 5.76. The summed E-state index contributed by atoms with van der Waals surface area (Å²) in [4.78, 5) is 13.2. The molecule has 12 atom stereocenters. The van der Waals surface area contributed by atoms with Crippen LogP contribution in [0.2, 0.25) is 0 Å². The zero-order valence-electron chi connectivity index (χ0n) is 45.7. The highest BCUT2D eigenvalue weighted by atomic mass is 16.7. The molecule has 0 aromatic heterocycles. The Morgan fingerprint density at radius 2 is 0.875 bits per heavy atom. The van der Waals surface area contributed by atoms with E-state index in [-0.39, 0.29) is 12.5 Å². The number of carbonyl (C=O) groups excluding carboxylic acids is 1. The topological polar surface area (TPSA) is 228 Å². The predicted octanol–water partition coefficient (Wildman–Crippen LogP) is 9.89. The number of carbonyl (C=O) groups is 1. The monoisotopic (exact) mass is 1030 g/mol. The largest absolute Gasteiger partial charge is 0.394 e. The van der Waals surface area contributed by atoms with Gasteiger partial charge in [-0.3, -0.25) is 4.79 Å². The lowest BCUT2D eigenvalue weighted by Crippen LogP contribution is -2.65. The third-order valence-electron chi connectivity index (χ3n) is 15.0. The third kappa shape index (κ3) is 30.5. The molecule has 426 valence electrons. The van der Waals surface area contributed by atoms with Crippen LogP contribution in [0.25, 0.3) is 0 Å². The molecule has 2 aliphatic rings. The van der Waals surface area contributed by atoms with E-state index in [2.05, 4.69) is 31.3 Å². The summed E-state index contributed by atoms with van der Waals surface area (Å²) in [5, 5.41) is 87.1. The summed E-state index contributed by atoms with van der Waals surface area (Å²) in [6.45, 7) is 2.86. The number of aliphatic hydroxyl groups excluding tert-OH is 8. The van der Waals surface area contributed by atoms with Crippen molar-refractivity contribution in [2.75, 3.05) is 19.8 Å². The molecule has 2 rings (SSSR count). The quantitative estimate of drug-likeness (QED) is 0.0205. The molecule has 14 nitrogen and oxygen atoms in total. The number of unbranched alkanes of at least 4 members (excludes halogenated alkanes) is 33. The number of allylic oxidation sites excluding steroid dienone is 2. The molecule has 0 aliphatic carbocycles. The molecule has 0 aromatic rings. The Hall–Kier alpha value is -1.27. The third-order valence-corrected chi connectivity index (χ3v) is 15.0. The van der Waals surface area contributed by atoms with Crippen LogP contribution >= 0.6 is 0 Å². The van der Waals surface area contributed by atoms with Crippen molar-refractivity contribution in [3.05, 3.63) is 12.2 Å². The lowest BCUT2D eigenvalue weighted by molar-refractivity contribution is -0.359. The molecule has 9 N–H and O–H groups in total. The smallest absolute Gasteiger partial charge is 0.220 e. The van der Waals surface area contributed by atoms with Gasteiger partial charge < -0.3 is 65.1 Å². The van der Waals surface area contributed by atoms with E-state index >= 15 is 0 Å². The first-order valence-corrected chi connectivity index (χ1v) is 29.9. The zero-order chi connectivity index (χ0) is 52.4. The summed E-state index contributed by atoms with van der Waals surface area (Å²) in [5.74, 6) is -0.204. The molecule has 1 amide bonds. The van der Waals surface area contributed by atoms with Crippen molar-refractivity contribution in [3.63, 3.8) is 0 Å². The van der Waals surface area contributed by atoms with E-state index in [1.165, 1.54) is 180 Å². The van der Waals surface area contributed by atoms with E-state index in [1.807, 2.05) is 0 Å². The minimum atomic E-state index is -1.78. The van der Waals surface area contributed by atoms with Gasteiger partial charge in [0, 0.05) is 6.42 Å². The number of hydrogen-bond acceptors (Lipinski definition) is 13. The van der Waals surface area contributed by atoms with Crippen LogP contribution in [0, 0.1) is 0 Å². The van der Waals surface area contributed by atoms with E-state index in [0.717, 1.165) is 51.4 Å². The normalized spacial score (nSPS) is 25.6.